The normalized spacial score (nSPS) is 14.0. The van der Waals surface area contributed by atoms with Gasteiger partial charge in [0.15, 0.2) is 0 Å². The highest BCUT2D eigenvalue weighted by Crippen LogP contribution is 2.48. The molecule has 0 bridgehead atoms. The second-order valence-electron chi connectivity index (χ2n) is 8.62. The molecule has 0 aliphatic carbocycles. The molecule has 4 rings (SSSR count). The molecule has 1 heterocycles. The van der Waals surface area contributed by atoms with Gasteiger partial charge in [0, 0.05) is 21.3 Å². The predicted molar refractivity (Wildman–Crippen MR) is 142 cm³/mol. The first-order valence-electron chi connectivity index (χ1n) is 11.7. The molecule has 0 aliphatic rings. The lowest BCUT2D eigenvalue weighted by Crippen LogP contribution is -2.35. The summed E-state index contributed by atoms with van der Waals surface area (Å²) >= 11 is 3.59. The lowest BCUT2D eigenvalue weighted by atomic mass is 9.71. The van der Waals surface area contributed by atoms with Crippen molar-refractivity contribution >= 4 is 26.8 Å². The van der Waals surface area contributed by atoms with E-state index in [1.54, 1.807) is 7.11 Å². The second kappa shape index (κ2) is 11.1. The molecule has 4 aromatic rings. The lowest BCUT2D eigenvalue weighted by molar-refractivity contribution is 0.00720. The van der Waals surface area contributed by atoms with Crippen LogP contribution in [0.3, 0.4) is 0 Å². The summed E-state index contributed by atoms with van der Waals surface area (Å²) in [6, 6.07) is 28.3. The van der Waals surface area contributed by atoms with Crippen LogP contribution in [0.5, 0.6) is 5.88 Å². The summed E-state index contributed by atoms with van der Waals surface area (Å²) in [4.78, 5) is 4.83. The van der Waals surface area contributed by atoms with Gasteiger partial charge in [-0.1, -0.05) is 76.6 Å². The number of hydrogen-bond donors (Lipinski definition) is 2. The van der Waals surface area contributed by atoms with Crippen LogP contribution in [0.1, 0.15) is 41.9 Å². The number of aliphatic hydroxyl groups is 1. The Balaban J connectivity index is 1.95. The van der Waals surface area contributed by atoms with Crippen LogP contribution in [0.25, 0.3) is 10.9 Å². The quantitative estimate of drug-likeness (QED) is 0.238. The Morgan fingerprint density at radius 2 is 1.68 bits per heavy atom. The van der Waals surface area contributed by atoms with E-state index in [1.165, 1.54) is 0 Å². The number of halogens is 1. The molecule has 2 atom stereocenters. The number of rotatable bonds is 10. The minimum atomic E-state index is -1.15. The summed E-state index contributed by atoms with van der Waals surface area (Å²) in [5.74, 6) is 0.171. The van der Waals surface area contributed by atoms with Gasteiger partial charge in [-0.15, -0.1) is 0 Å². The number of ether oxygens (including phenoxy) is 1. The Hall–Kier alpha value is -2.73. The largest absolute Gasteiger partial charge is 0.481 e. The Kier molecular flexibility index (Phi) is 7.99. The summed E-state index contributed by atoms with van der Waals surface area (Å²) in [7, 11) is 3.60. The van der Waals surface area contributed by atoms with E-state index in [9.17, 15) is 5.11 Å². The Bertz CT molecular complexity index is 1220. The zero-order valence-electron chi connectivity index (χ0n) is 19.7. The molecular weight excluding hydrogens is 488 g/mol. The zero-order valence-corrected chi connectivity index (χ0v) is 21.3. The maximum absolute atomic E-state index is 12.6. The third kappa shape index (κ3) is 5.17. The number of benzene rings is 3. The van der Waals surface area contributed by atoms with E-state index >= 15 is 0 Å². The van der Waals surface area contributed by atoms with Crippen molar-refractivity contribution < 1.29 is 9.84 Å². The van der Waals surface area contributed by atoms with E-state index in [2.05, 4.69) is 45.5 Å². The van der Waals surface area contributed by atoms with Gasteiger partial charge in [-0.05, 0) is 68.2 Å². The molecule has 4 nitrogen and oxygen atoms in total. The monoisotopic (exact) mass is 518 g/mol. The molecule has 2 unspecified atom stereocenters. The molecule has 5 heteroatoms. The number of aromatic nitrogens is 1. The van der Waals surface area contributed by atoms with Crippen LogP contribution < -0.4 is 10.1 Å². The number of pyridine rings is 1. The summed E-state index contributed by atoms with van der Waals surface area (Å²) in [5, 5.41) is 16.8. The standard InChI is InChI=1S/C29H31BrN2O2/c1-31-18-10-9-17-29(33,23-13-7-4-8-14-23)27(21-11-5-3-6-12-21)25-20-22-19-24(30)15-16-26(22)32-28(25)34-2/h3-8,11-16,19-20,27,31,33H,9-10,17-18H2,1-2H3. The molecule has 1 aromatic heterocycles. The van der Waals surface area contributed by atoms with E-state index in [0.29, 0.717) is 12.3 Å². The van der Waals surface area contributed by atoms with Gasteiger partial charge in [-0.25, -0.2) is 4.98 Å². The van der Waals surface area contributed by atoms with Gasteiger partial charge in [-0.2, -0.15) is 0 Å². The summed E-state index contributed by atoms with van der Waals surface area (Å²) in [6.07, 6.45) is 2.47. The molecule has 0 spiro atoms. The Morgan fingerprint density at radius 3 is 2.35 bits per heavy atom. The van der Waals surface area contributed by atoms with Gasteiger partial charge in [0.05, 0.1) is 12.6 Å². The number of nitrogens with zero attached hydrogens (tertiary/aromatic N) is 1. The first kappa shape index (κ1) is 24.4. The Morgan fingerprint density at radius 1 is 0.971 bits per heavy atom. The number of nitrogens with one attached hydrogen (secondary N) is 1. The lowest BCUT2D eigenvalue weighted by Gasteiger charge is -2.38. The van der Waals surface area contributed by atoms with Crippen LogP contribution in [0, 0.1) is 0 Å². The van der Waals surface area contributed by atoms with E-state index in [-0.39, 0.29) is 5.92 Å². The molecule has 0 aliphatic heterocycles. The summed E-state index contributed by atoms with van der Waals surface area (Å²) in [6.45, 7) is 0.912. The van der Waals surface area contributed by atoms with E-state index < -0.39 is 5.60 Å². The average molecular weight is 519 g/mol. The van der Waals surface area contributed by atoms with Crippen LogP contribution in [0.4, 0.5) is 0 Å². The molecule has 0 saturated heterocycles. The average Bonchev–Trinajstić information content (AvgIpc) is 2.87. The molecule has 0 radical (unpaired) electrons. The first-order valence-corrected chi connectivity index (χ1v) is 12.5. The van der Waals surface area contributed by atoms with Crippen LogP contribution in [0.2, 0.25) is 0 Å². The maximum atomic E-state index is 12.6. The van der Waals surface area contributed by atoms with Gasteiger partial charge < -0.3 is 15.2 Å². The molecule has 176 valence electrons. The van der Waals surface area contributed by atoms with Gasteiger partial charge in [0.25, 0.3) is 0 Å². The van der Waals surface area contributed by atoms with E-state index in [1.807, 2.05) is 67.7 Å². The number of methoxy groups -OCH3 is 1. The van der Waals surface area contributed by atoms with Crippen LogP contribution in [-0.4, -0.2) is 30.8 Å². The van der Waals surface area contributed by atoms with Crippen molar-refractivity contribution in [1.29, 1.82) is 0 Å². The predicted octanol–water partition coefficient (Wildman–Crippen LogP) is 6.42. The highest BCUT2D eigenvalue weighted by atomic mass is 79.9. The first-order chi connectivity index (χ1) is 16.6. The fourth-order valence-electron chi connectivity index (χ4n) is 4.75. The highest BCUT2D eigenvalue weighted by Gasteiger charge is 2.41. The third-order valence-corrected chi connectivity index (χ3v) is 6.89. The second-order valence-corrected chi connectivity index (χ2v) is 9.53. The molecule has 0 amide bonds. The summed E-state index contributed by atoms with van der Waals surface area (Å²) in [5.41, 5.74) is 2.50. The van der Waals surface area contributed by atoms with Crippen molar-refractivity contribution in [2.24, 2.45) is 0 Å². The minimum absolute atomic E-state index is 0.364. The maximum Gasteiger partial charge on any atom is 0.217 e. The van der Waals surface area contributed by atoms with Crippen molar-refractivity contribution in [3.8, 4) is 5.88 Å². The smallest absolute Gasteiger partial charge is 0.217 e. The fourth-order valence-corrected chi connectivity index (χ4v) is 5.13. The van der Waals surface area contributed by atoms with Crippen molar-refractivity contribution in [1.82, 2.24) is 10.3 Å². The number of fused-ring (bicyclic) bond motifs is 1. The Labute approximate surface area is 210 Å². The van der Waals surface area contributed by atoms with Gasteiger partial charge in [0.1, 0.15) is 5.60 Å². The van der Waals surface area contributed by atoms with Crippen LogP contribution in [-0.2, 0) is 5.60 Å². The van der Waals surface area contributed by atoms with Crippen molar-refractivity contribution in [2.45, 2.75) is 30.8 Å². The highest BCUT2D eigenvalue weighted by molar-refractivity contribution is 9.10. The van der Waals surface area contributed by atoms with Gasteiger partial charge in [0.2, 0.25) is 5.88 Å². The van der Waals surface area contributed by atoms with Crippen molar-refractivity contribution in [3.05, 3.63) is 106 Å². The third-order valence-electron chi connectivity index (χ3n) is 6.39. The van der Waals surface area contributed by atoms with Crippen molar-refractivity contribution in [3.63, 3.8) is 0 Å². The van der Waals surface area contributed by atoms with E-state index in [0.717, 1.165) is 51.5 Å². The van der Waals surface area contributed by atoms with Gasteiger partial charge in [-0.3, -0.25) is 0 Å². The molecule has 2 N–H and O–H groups in total. The fraction of sp³-hybridized carbons (Fsp3) is 0.276. The summed E-state index contributed by atoms with van der Waals surface area (Å²) < 4.78 is 6.80. The molecule has 0 saturated carbocycles. The minimum Gasteiger partial charge on any atom is -0.481 e. The molecule has 3 aromatic carbocycles. The van der Waals surface area contributed by atoms with Crippen LogP contribution >= 0.6 is 15.9 Å². The topological polar surface area (TPSA) is 54.4 Å². The van der Waals surface area contributed by atoms with E-state index in [4.69, 9.17) is 9.72 Å². The molecule has 0 fully saturated rings. The molecular formula is C29H31BrN2O2. The SMILES string of the molecule is CNCCCCC(O)(c1ccccc1)C(c1ccccc1)c1cc2cc(Br)ccc2nc1OC. The van der Waals surface area contributed by atoms with Crippen LogP contribution in [0.15, 0.2) is 89.4 Å². The zero-order chi connectivity index (χ0) is 24.0. The van der Waals surface area contributed by atoms with Crippen molar-refractivity contribution in [2.75, 3.05) is 20.7 Å². The number of unbranched alkanes of at least 4 members (excludes halogenated alkanes) is 1. The number of hydrogen-bond acceptors (Lipinski definition) is 4. The molecule has 34 heavy (non-hydrogen) atoms. The van der Waals surface area contributed by atoms with Gasteiger partial charge >= 0.3 is 0 Å².